The zero-order valence-electron chi connectivity index (χ0n) is 18.3. The Balaban J connectivity index is 0.000000147. The lowest BCUT2D eigenvalue weighted by Crippen LogP contribution is -2.12. The Morgan fingerprint density at radius 2 is 1.51 bits per heavy atom. The minimum absolute atomic E-state index is 0.110. The zero-order valence-corrected chi connectivity index (χ0v) is 21.5. The van der Waals surface area contributed by atoms with Crippen LogP contribution in [-0.4, -0.2) is 38.3 Å². The van der Waals surface area contributed by atoms with Crippen LogP contribution in [0.3, 0.4) is 0 Å². The second-order valence-corrected chi connectivity index (χ2v) is 10.4. The molecule has 6 rings (SSSR count). The Morgan fingerprint density at radius 1 is 0.914 bits per heavy atom. The van der Waals surface area contributed by atoms with Crippen LogP contribution in [0.5, 0.6) is 5.88 Å². The second kappa shape index (κ2) is 9.87. The van der Waals surface area contributed by atoms with Gasteiger partial charge in [0.05, 0.1) is 17.4 Å². The third-order valence-corrected chi connectivity index (χ3v) is 6.60. The number of ether oxygens (including phenoxy) is 1. The van der Waals surface area contributed by atoms with Gasteiger partial charge >= 0.3 is 0 Å². The highest BCUT2D eigenvalue weighted by atomic mass is 79.9. The monoisotopic (exact) mass is 608 g/mol. The Labute approximate surface area is 215 Å². The first-order chi connectivity index (χ1) is 16.8. The number of aromatic amines is 1. The van der Waals surface area contributed by atoms with E-state index in [1.54, 1.807) is 12.1 Å². The average Bonchev–Trinajstić information content (AvgIpc) is 3.71. The maximum Gasteiger partial charge on any atom is 0.258 e. The fourth-order valence-corrected chi connectivity index (χ4v) is 4.52. The van der Waals surface area contributed by atoms with Gasteiger partial charge in [0.15, 0.2) is 11.6 Å². The van der Waals surface area contributed by atoms with Crippen molar-refractivity contribution in [3.63, 3.8) is 0 Å². The largest absolute Gasteiger partial charge is 0.475 e. The molecule has 4 aromatic rings. The summed E-state index contributed by atoms with van der Waals surface area (Å²) in [6.45, 7) is 0.0189. The molecule has 2 saturated carbocycles. The highest BCUT2D eigenvalue weighted by Crippen LogP contribution is 2.40. The van der Waals surface area contributed by atoms with E-state index in [4.69, 9.17) is 9.84 Å². The van der Waals surface area contributed by atoms with Crippen LogP contribution in [0.25, 0.3) is 21.8 Å². The smallest absolute Gasteiger partial charge is 0.258 e. The first-order valence-electron chi connectivity index (χ1n) is 11.1. The topological polar surface area (TPSA) is 101 Å². The number of hydrogen-bond acceptors (Lipinski definition) is 6. The molecule has 2 aromatic carbocycles. The molecule has 0 aliphatic heterocycles. The first-order valence-corrected chi connectivity index (χ1v) is 12.7. The van der Waals surface area contributed by atoms with Gasteiger partial charge in [0.2, 0.25) is 5.88 Å². The molecule has 2 aliphatic carbocycles. The molecule has 182 valence electrons. The van der Waals surface area contributed by atoms with Crippen molar-refractivity contribution in [1.82, 2.24) is 19.9 Å². The van der Waals surface area contributed by atoms with Crippen molar-refractivity contribution in [3.05, 3.63) is 66.8 Å². The summed E-state index contributed by atoms with van der Waals surface area (Å²) in [6.07, 6.45) is 4.10. The summed E-state index contributed by atoms with van der Waals surface area (Å²) in [7, 11) is 0. The number of hydrogen-bond donors (Lipinski definition) is 2. The van der Waals surface area contributed by atoms with Crippen molar-refractivity contribution in [1.29, 1.82) is 0 Å². The fourth-order valence-electron chi connectivity index (χ4n) is 3.66. The van der Waals surface area contributed by atoms with Crippen LogP contribution in [0.1, 0.15) is 49.2 Å². The number of fused-ring (bicyclic) bond motifs is 2. The average molecular weight is 610 g/mol. The number of aromatic nitrogens is 4. The van der Waals surface area contributed by atoms with Gasteiger partial charge in [0, 0.05) is 20.8 Å². The van der Waals surface area contributed by atoms with Crippen LogP contribution in [-0.2, 0) is 0 Å². The predicted molar refractivity (Wildman–Crippen MR) is 134 cm³/mol. The van der Waals surface area contributed by atoms with E-state index in [1.165, 1.54) is 12.1 Å². The number of nitrogens with one attached hydrogen (secondary N) is 1. The second-order valence-electron chi connectivity index (χ2n) is 8.53. The Kier molecular flexibility index (Phi) is 6.82. The fraction of sp³-hybridized carbons (Fsp3) is 0.333. The van der Waals surface area contributed by atoms with Gasteiger partial charge in [-0.1, -0.05) is 31.9 Å². The zero-order chi connectivity index (χ0) is 24.7. The molecule has 0 atom stereocenters. The number of aliphatic hydroxyl groups is 1. The van der Waals surface area contributed by atoms with E-state index in [0.717, 1.165) is 25.7 Å². The molecule has 11 heteroatoms. The van der Waals surface area contributed by atoms with Crippen molar-refractivity contribution in [2.75, 3.05) is 13.2 Å². The SMILES string of the molecule is O=c1[nH]c(C2CC2)nc2c(F)cc(Br)cc12.OCCOc1nc(C2CC2)nc2c(F)cc(Br)cc12. The van der Waals surface area contributed by atoms with Crippen LogP contribution in [0.15, 0.2) is 38.0 Å². The highest BCUT2D eigenvalue weighted by Gasteiger charge is 2.29. The summed E-state index contributed by atoms with van der Waals surface area (Å²) in [5.41, 5.74) is 0.161. The predicted octanol–water partition coefficient (Wildman–Crippen LogP) is 5.48. The number of aliphatic hydroxyl groups excluding tert-OH is 1. The molecule has 0 saturated heterocycles. The third-order valence-electron chi connectivity index (χ3n) is 5.68. The quantitative estimate of drug-likeness (QED) is 0.311. The van der Waals surface area contributed by atoms with Crippen molar-refractivity contribution in [3.8, 4) is 5.88 Å². The molecule has 7 nitrogen and oxygen atoms in total. The summed E-state index contributed by atoms with van der Waals surface area (Å²) in [5.74, 6) is 1.32. The number of halogens is 4. The summed E-state index contributed by atoms with van der Waals surface area (Å²) in [6, 6.07) is 6.01. The molecule has 2 aliphatic rings. The molecular weight excluding hydrogens is 590 g/mol. The van der Waals surface area contributed by atoms with Crippen LogP contribution >= 0.6 is 31.9 Å². The van der Waals surface area contributed by atoms with Gasteiger partial charge in [0.1, 0.15) is 29.3 Å². The summed E-state index contributed by atoms with van der Waals surface area (Å²) < 4.78 is 34.2. The van der Waals surface area contributed by atoms with Crippen molar-refractivity contribution >= 4 is 53.7 Å². The van der Waals surface area contributed by atoms with E-state index in [-0.39, 0.29) is 35.2 Å². The van der Waals surface area contributed by atoms with Gasteiger partial charge in [-0.2, -0.15) is 4.98 Å². The Bertz CT molecular complexity index is 1490. The van der Waals surface area contributed by atoms with E-state index in [1.807, 2.05) is 0 Å². The van der Waals surface area contributed by atoms with Gasteiger partial charge < -0.3 is 14.8 Å². The van der Waals surface area contributed by atoms with Gasteiger partial charge in [-0.3, -0.25) is 4.79 Å². The van der Waals surface area contributed by atoms with Crippen LogP contribution < -0.4 is 10.3 Å². The number of nitrogens with zero attached hydrogens (tertiary/aromatic N) is 3. The summed E-state index contributed by atoms with van der Waals surface area (Å²) in [4.78, 5) is 27.3. The lowest BCUT2D eigenvalue weighted by Gasteiger charge is -2.10. The number of benzene rings is 2. The number of H-pyrrole nitrogens is 1. The van der Waals surface area contributed by atoms with Gasteiger partial charge in [-0.25, -0.2) is 18.7 Å². The minimum atomic E-state index is -0.461. The summed E-state index contributed by atoms with van der Waals surface area (Å²) >= 11 is 6.40. The van der Waals surface area contributed by atoms with Crippen LogP contribution in [0.2, 0.25) is 0 Å². The maximum atomic E-state index is 14.0. The maximum absolute atomic E-state index is 14.0. The minimum Gasteiger partial charge on any atom is -0.475 e. The van der Waals surface area contributed by atoms with Gasteiger partial charge in [-0.15, -0.1) is 0 Å². The van der Waals surface area contributed by atoms with Gasteiger partial charge in [-0.05, 0) is 49.9 Å². The molecule has 2 N–H and O–H groups in total. The van der Waals surface area contributed by atoms with Crippen molar-refractivity contribution in [2.45, 2.75) is 37.5 Å². The van der Waals surface area contributed by atoms with E-state index in [2.05, 4.69) is 51.8 Å². The molecule has 2 heterocycles. The Hall–Kier alpha value is -2.50. The molecule has 2 fully saturated rings. The summed E-state index contributed by atoms with van der Waals surface area (Å²) in [5, 5.41) is 9.65. The van der Waals surface area contributed by atoms with Crippen LogP contribution in [0.4, 0.5) is 8.78 Å². The molecule has 0 spiro atoms. The first kappa shape index (κ1) is 24.2. The van der Waals surface area contributed by atoms with Crippen molar-refractivity contribution < 1.29 is 18.6 Å². The molecular formula is C24H20Br2F2N4O3. The normalized spacial score (nSPS) is 15.2. The lowest BCUT2D eigenvalue weighted by molar-refractivity contribution is 0.198. The molecule has 0 radical (unpaired) electrons. The van der Waals surface area contributed by atoms with E-state index in [0.29, 0.717) is 43.7 Å². The molecule has 35 heavy (non-hydrogen) atoms. The molecule has 0 unspecified atom stereocenters. The molecule has 0 amide bonds. The van der Waals surface area contributed by atoms with Crippen LogP contribution in [0, 0.1) is 11.6 Å². The van der Waals surface area contributed by atoms with Crippen molar-refractivity contribution in [2.24, 2.45) is 0 Å². The number of rotatable bonds is 5. The standard InChI is InChI=1S/C13H12BrFN2O2.C11H8BrFN2O/c14-8-5-9-11(10(15)6-8)16-12(7-1-2-7)17-13(9)19-4-3-18;12-6-3-7-9(8(13)4-6)14-10(5-1-2-5)15-11(7)16/h5-7,18H,1-4H2;3-5H,1-2H2,(H,14,15,16). The van der Waals surface area contributed by atoms with E-state index < -0.39 is 11.6 Å². The lowest BCUT2D eigenvalue weighted by atomic mass is 10.2. The third kappa shape index (κ3) is 5.36. The van der Waals surface area contributed by atoms with E-state index >= 15 is 0 Å². The molecule has 2 aromatic heterocycles. The van der Waals surface area contributed by atoms with Gasteiger partial charge in [0.25, 0.3) is 5.56 Å². The highest BCUT2D eigenvalue weighted by molar-refractivity contribution is 9.10. The van der Waals surface area contributed by atoms with E-state index in [9.17, 15) is 13.6 Å². The Morgan fingerprint density at radius 3 is 2.11 bits per heavy atom. The molecule has 0 bridgehead atoms.